The van der Waals surface area contributed by atoms with Gasteiger partial charge >= 0.3 is 5.97 Å². The van der Waals surface area contributed by atoms with Crippen LogP contribution in [0.1, 0.15) is 33.1 Å². The molecule has 0 amide bonds. The van der Waals surface area contributed by atoms with Crippen LogP contribution in [-0.4, -0.2) is 25.7 Å². The number of hydrogen-bond donors (Lipinski definition) is 0. The zero-order chi connectivity index (χ0) is 14.4. The average Bonchev–Trinajstić information content (AvgIpc) is 2.96. The van der Waals surface area contributed by atoms with Gasteiger partial charge in [0.15, 0.2) is 0 Å². The number of esters is 1. The van der Waals surface area contributed by atoms with Gasteiger partial charge < -0.3 is 9.64 Å². The van der Waals surface area contributed by atoms with Gasteiger partial charge in [-0.1, -0.05) is 32.0 Å². The topological polar surface area (TPSA) is 29.5 Å². The maximum Gasteiger partial charge on any atom is 0.308 e. The molecule has 3 nitrogen and oxygen atoms in total. The first kappa shape index (κ1) is 14.9. The van der Waals surface area contributed by atoms with Crippen LogP contribution in [0.15, 0.2) is 30.3 Å². The second-order valence-corrected chi connectivity index (χ2v) is 5.58. The lowest BCUT2D eigenvalue weighted by molar-refractivity contribution is -0.150. The van der Waals surface area contributed by atoms with Gasteiger partial charge in [0.1, 0.15) is 0 Å². The molecule has 110 valence electrons. The van der Waals surface area contributed by atoms with Crippen LogP contribution in [0.4, 0.5) is 5.69 Å². The van der Waals surface area contributed by atoms with Crippen LogP contribution in [-0.2, 0) is 9.53 Å². The van der Waals surface area contributed by atoms with Crippen molar-refractivity contribution < 1.29 is 9.53 Å². The van der Waals surface area contributed by atoms with E-state index in [1.807, 2.05) is 19.9 Å². The van der Waals surface area contributed by atoms with E-state index in [2.05, 4.69) is 29.2 Å². The van der Waals surface area contributed by atoms with E-state index in [4.69, 9.17) is 4.74 Å². The third-order valence-electron chi connectivity index (χ3n) is 4.19. The van der Waals surface area contributed by atoms with Crippen molar-refractivity contribution in [3.8, 4) is 0 Å². The Kier molecular flexibility index (Phi) is 5.45. The fraction of sp³-hybridized carbons (Fsp3) is 0.588. The van der Waals surface area contributed by atoms with Crippen molar-refractivity contribution in [2.75, 3.05) is 24.6 Å². The van der Waals surface area contributed by atoms with E-state index >= 15 is 0 Å². The Hall–Kier alpha value is -1.51. The first-order valence-corrected chi connectivity index (χ1v) is 7.71. The summed E-state index contributed by atoms with van der Waals surface area (Å²) in [5.41, 5.74) is 1.27. The number of anilines is 1. The minimum atomic E-state index is -0.0202. The molecule has 0 aliphatic carbocycles. The molecule has 0 saturated carbocycles. The second-order valence-electron chi connectivity index (χ2n) is 5.58. The van der Waals surface area contributed by atoms with Gasteiger partial charge in [-0.3, -0.25) is 4.79 Å². The molecule has 1 aromatic carbocycles. The Bertz CT molecular complexity index is 414. The molecule has 1 atom stereocenters. The summed E-state index contributed by atoms with van der Waals surface area (Å²) in [7, 11) is 0. The number of rotatable bonds is 6. The summed E-state index contributed by atoms with van der Waals surface area (Å²) in [6, 6.07) is 10.4. The molecule has 0 radical (unpaired) electrons. The van der Waals surface area contributed by atoms with Gasteiger partial charge in [0.05, 0.1) is 12.5 Å². The van der Waals surface area contributed by atoms with Crippen molar-refractivity contribution in [3.05, 3.63) is 30.3 Å². The van der Waals surface area contributed by atoms with E-state index in [0.717, 1.165) is 32.4 Å². The molecule has 20 heavy (non-hydrogen) atoms. The lowest BCUT2D eigenvalue weighted by Gasteiger charge is -2.19. The highest BCUT2D eigenvalue weighted by atomic mass is 16.5. The average molecular weight is 275 g/mol. The Balaban J connectivity index is 1.78. The van der Waals surface area contributed by atoms with Crippen molar-refractivity contribution in [2.45, 2.75) is 33.1 Å². The highest BCUT2D eigenvalue weighted by Crippen LogP contribution is 2.24. The summed E-state index contributed by atoms with van der Waals surface area (Å²) in [5.74, 6) is 0.517. The molecule has 1 aliphatic rings. The normalized spacial score (nSPS) is 18.6. The molecule has 1 fully saturated rings. The van der Waals surface area contributed by atoms with Crippen molar-refractivity contribution in [1.29, 1.82) is 0 Å². The molecule has 1 saturated heterocycles. The van der Waals surface area contributed by atoms with Gasteiger partial charge in [-0.15, -0.1) is 0 Å². The van der Waals surface area contributed by atoms with Crippen molar-refractivity contribution in [1.82, 2.24) is 0 Å². The third-order valence-corrected chi connectivity index (χ3v) is 4.19. The number of benzene rings is 1. The molecule has 0 bridgehead atoms. The summed E-state index contributed by atoms with van der Waals surface area (Å²) in [6.07, 6.45) is 2.84. The molecule has 3 heteroatoms. The molecule has 1 heterocycles. The Labute approximate surface area is 121 Å². The minimum absolute atomic E-state index is 0.0202. The van der Waals surface area contributed by atoms with E-state index in [1.54, 1.807) is 0 Å². The van der Waals surface area contributed by atoms with E-state index in [9.17, 15) is 4.79 Å². The first-order valence-electron chi connectivity index (χ1n) is 7.71. The lowest BCUT2D eigenvalue weighted by Crippen LogP contribution is -2.23. The summed E-state index contributed by atoms with van der Waals surface area (Å²) >= 11 is 0. The number of hydrogen-bond acceptors (Lipinski definition) is 3. The van der Waals surface area contributed by atoms with E-state index in [0.29, 0.717) is 12.5 Å². The van der Waals surface area contributed by atoms with Crippen LogP contribution < -0.4 is 4.90 Å². The number of para-hydroxylation sites is 1. The van der Waals surface area contributed by atoms with Gasteiger partial charge in [0.25, 0.3) is 0 Å². The van der Waals surface area contributed by atoms with Gasteiger partial charge in [0.2, 0.25) is 0 Å². The Morgan fingerprint density at radius 3 is 2.65 bits per heavy atom. The molecule has 1 aromatic rings. The molecule has 0 N–H and O–H groups in total. The van der Waals surface area contributed by atoms with Gasteiger partial charge in [0, 0.05) is 24.7 Å². The summed E-state index contributed by atoms with van der Waals surface area (Å²) in [5, 5.41) is 0. The maximum atomic E-state index is 11.9. The number of ether oxygens (including phenoxy) is 1. The highest BCUT2D eigenvalue weighted by molar-refractivity contribution is 5.72. The van der Waals surface area contributed by atoms with E-state index in [-0.39, 0.29) is 11.9 Å². The SMILES string of the molecule is CCC(CC)C(=O)OCC1CCN(c2ccccc2)C1. The standard InChI is InChI=1S/C17H25NO2/c1-3-15(4-2)17(19)20-13-14-10-11-18(12-14)16-8-6-5-7-9-16/h5-9,14-15H,3-4,10-13H2,1-2H3. The Morgan fingerprint density at radius 1 is 1.30 bits per heavy atom. The summed E-state index contributed by atoms with van der Waals surface area (Å²) in [4.78, 5) is 14.2. The predicted molar refractivity (Wildman–Crippen MR) is 81.8 cm³/mol. The van der Waals surface area contributed by atoms with Crippen LogP contribution in [0.5, 0.6) is 0 Å². The van der Waals surface area contributed by atoms with Crippen LogP contribution >= 0.6 is 0 Å². The van der Waals surface area contributed by atoms with Crippen LogP contribution in [0, 0.1) is 11.8 Å². The molecular weight excluding hydrogens is 250 g/mol. The van der Waals surface area contributed by atoms with Crippen molar-refractivity contribution in [2.24, 2.45) is 11.8 Å². The first-order chi connectivity index (χ1) is 9.74. The molecule has 1 aliphatic heterocycles. The zero-order valence-corrected chi connectivity index (χ0v) is 12.5. The number of nitrogens with zero attached hydrogens (tertiary/aromatic N) is 1. The summed E-state index contributed by atoms with van der Waals surface area (Å²) in [6.45, 7) is 6.69. The summed E-state index contributed by atoms with van der Waals surface area (Å²) < 4.78 is 5.49. The van der Waals surface area contributed by atoms with Gasteiger partial charge in [-0.2, -0.15) is 0 Å². The predicted octanol–water partition coefficient (Wildman–Crippen LogP) is 3.49. The van der Waals surface area contributed by atoms with Gasteiger partial charge in [-0.25, -0.2) is 0 Å². The fourth-order valence-corrected chi connectivity index (χ4v) is 2.78. The molecule has 2 rings (SSSR count). The molecule has 0 aromatic heterocycles. The quantitative estimate of drug-likeness (QED) is 0.744. The molecule has 1 unspecified atom stereocenters. The largest absolute Gasteiger partial charge is 0.465 e. The molecular formula is C17H25NO2. The van der Waals surface area contributed by atoms with E-state index in [1.165, 1.54) is 5.69 Å². The maximum absolute atomic E-state index is 11.9. The van der Waals surface area contributed by atoms with Gasteiger partial charge in [-0.05, 0) is 31.4 Å². The van der Waals surface area contributed by atoms with Crippen molar-refractivity contribution in [3.63, 3.8) is 0 Å². The third kappa shape index (κ3) is 3.75. The minimum Gasteiger partial charge on any atom is -0.465 e. The number of carbonyl (C=O) groups is 1. The van der Waals surface area contributed by atoms with Crippen LogP contribution in [0.2, 0.25) is 0 Å². The fourth-order valence-electron chi connectivity index (χ4n) is 2.78. The highest BCUT2D eigenvalue weighted by Gasteiger charge is 2.25. The molecule has 0 spiro atoms. The monoisotopic (exact) mass is 275 g/mol. The zero-order valence-electron chi connectivity index (χ0n) is 12.5. The van der Waals surface area contributed by atoms with E-state index < -0.39 is 0 Å². The lowest BCUT2D eigenvalue weighted by atomic mass is 10.0. The van der Waals surface area contributed by atoms with Crippen molar-refractivity contribution >= 4 is 11.7 Å². The Morgan fingerprint density at radius 2 is 2.00 bits per heavy atom. The van der Waals surface area contributed by atoms with Crippen LogP contribution in [0.3, 0.4) is 0 Å². The smallest absolute Gasteiger partial charge is 0.308 e. The van der Waals surface area contributed by atoms with Crippen LogP contribution in [0.25, 0.3) is 0 Å². The number of carbonyl (C=O) groups excluding carboxylic acids is 1. The second kappa shape index (κ2) is 7.32.